The highest BCUT2D eigenvalue weighted by Gasteiger charge is 2.11. The third-order valence-electron chi connectivity index (χ3n) is 3.02. The standard InChI is InChI=1S/C14H18F2N2OS/c1-17-10(6-7-19-9-13(15)16)8-14-18-11-4-2-3-5-12(11)20-14/h2-5,10,13,17H,6-9H2,1H3. The molecular weight excluding hydrogens is 282 g/mol. The second-order valence-electron chi connectivity index (χ2n) is 4.52. The molecule has 0 fully saturated rings. The lowest BCUT2D eigenvalue weighted by Gasteiger charge is -2.14. The van der Waals surface area contributed by atoms with Gasteiger partial charge in [0.1, 0.15) is 6.61 Å². The first-order valence-corrected chi connectivity index (χ1v) is 7.38. The maximum absolute atomic E-state index is 12.0. The van der Waals surface area contributed by atoms with Gasteiger partial charge in [-0.3, -0.25) is 0 Å². The molecule has 110 valence electrons. The molecule has 2 aromatic rings. The summed E-state index contributed by atoms with van der Waals surface area (Å²) in [5.41, 5.74) is 1.01. The van der Waals surface area contributed by atoms with Crippen molar-refractivity contribution in [2.45, 2.75) is 25.3 Å². The fourth-order valence-electron chi connectivity index (χ4n) is 1.96. The number of fused-ring (bicyclic) bond motifs is 1. The van der Waals surface area contributed by atoms with Crippen LogP contribution in [0.4, 0.5) is 8.78 Å². The van der Waals surface area contributed by atoms with E-state index in [4.69, 9.17) is 4.74 Å². The van der Waals surface area contributed by atoms with Crippen molar-refractivity contribution in [2.75, 3.05) is 20.3 Å². The van der Waals surface area contributed by atoms with E-state index in [-0.39, 0.29) is 6.04 Å². The fraction of sp³-hybridized carbons (Fsp3) is 0.500. The molecule has 0 saturated heterocycles. The van der Waals surface area contributed by atoms with Crippen molar-refractivity contribution >= 4 is 21.6 Å². The Balaban J connectivity index is 1.85. The lowest BCUT2D eigenvalue weighted by atomic mass is 10.1. The number of halogens is 2. The molecule has 1 N–H and O–H groups in total. The van der Waals surface area contributed by atoms with E-state index in [0.717, 1.165) is 16.9 Å². The molecule has 3 nitrogen and oxygen atoms in total. The van der Waals surface area contributed by atoms with Crippen LogP contribution in [-0.4, -0.2) is 37.7 Å². The molecule has 0 radical (unpaired) electrons. The van der Waals surface area contributed by atoms with Gasteiger partial charge in [-0.2, -0.15) is 0 Å². The number of likely N-dealkylation sites (N-methyl/N-ethyl adjacent to an activating group) is 1. The summed E-state index contributed by atoms with van der Waals surface area (Å²) >= 11 is 1.67. The molecule has 0 aliphatic rings. The van der Waals surface area contributed by atoms with Crippen LogP contribution in [0.25, 0.3) is 10.2 Å². The topological polar surface area (TPSA) is 34.1 Å². The Hall–Kier alpha value is -1.11. The van der Waals surface area contributed by atoms with Crippen molar-refractivity contribution in [2.24, 2.45) is 0 Å². The second-order valence-corrected chi connectivity index (χ2v) is 5.63. The number of hydrogen-bond acceptors (Lipinski definition) is 4. The predicted octanol–water partition coefficient (Wildman–Crippen LogP) is 3.10. The van der Waals surface area contributed by atoms with Crippen LogP contribution in [0, 0.1) is 0 Å². The van der Waals surface area contributed by atoms with Crippen molar-refractivity contribution in [1.82, 2.24) is 10.3 Å². The highest BCUT2D eigenvalue weighted by Crippen LogP contribution is 2.22. The molecule has 1 heterocycles. The highest BCUT2D eigenvalue weighted by atomic mass is 32.1. The third kappa shape index (κ3) is 4.47. The monoisotopic (exact) mass is 300 g/mol. The Labute approximate surface area is 121 Å². The molecule has 0 spiro atoms. The Kier molecular flexibility index (Phi) is 5.82. The number of aromatic nitrogens is 1. The minimum absolute atomic E-state index is 0.188. The zero-order valence-electron chi connectivity index (χ0n) is 11.3. The van der Waals surface area contributed by atoms with Crippen molar-refractivity contribution < 1.29 is 13.5 Å². The summed E-state index contributed by atoms with van der Waals surface area (Å²) < 4.78 is 30.0. The van der Waals surface area contributed by atoms with E-state index in [1.807, 2.05) is 25.2 Å². The van der Waals surface area contributed by atoms with Gasteiger partial charge in [0.05, 0.1) is 15.2 Å². The number of para-hydroxylation sites is 1. The molecule has 6 heteroatoms. The summed E-state index contributed by atoms with van der Waals surface area (Å²) in [4.78, 5) is 4.57. The van der Waals surface area contributed by atoms with Crippen LogP contribution in [0.2, 0.25) is 0 Å². The quantitative estimate of drug-likeness (QED) is 0.761. The van der Waals surface area contributed by atoms with Crippen molar-refractivity contribution in [3.63, 3.8) is 0 Å². The Morgan fingerprint density at radius 1 is 1.35 bits per heavy atom. The lowest BCUT2D eigenvalue weighted by Crippen LogP contribution is -2.29. The maximum atomic E-state index is 12.0. The number of hydrogen-bond donors (Lipinski definition) is 1. The first-order chi connectivity index (χ1) is 9.69. The molecule has 0 aliphatic carbocycles. The van der Waals surface area contributed by atoms with Gasteiger partial charge >= 0.3 is 0 Å². The number of thiazole rings is 1. The summed E-state index contributed by atoms with van der Waals surface area (Å²) in [5.74, 6) is 0. The van der Waals surface area contributed by atoms with E-state index in [2.05, 4.69) is 16.4 Å². The molecule has 1 unspecified atom stereocenters. The lowest BCUT2D eigenvalue weighted by molar-refractivity contribution is 0.0146. The molecule has 1 aromatic heterocycles. The van der Waals surface area contributed by atoms with E-state index in [9.17, 15) is 8.78 Å². The number of nitrogens with one attached hydrogen (secondary N) is 1. The van der Waals surface area contributed by atoms with Crippen LogP contribution >= 0.6 is 11.3 Å². The normalized spacial score (nSPS) is 13.2. The van der Waals surface area contributed by atoms with Crippen molar-refractivity contribution in [3.05, 3.63) is 29.3 Å². The van der Waals surface area contributed by atoms with Crippen LogP contribution < -0.4 is 5.32 Å². The third-order valence-corrected chi connectivity index (χ3v) is 4.08. The Bertz CT molecular complexity index is 500. The highest BCUT2D eigenvalue weighted by molar-refractivity contribution is 7.18. The molecule has 0 bridgehead atoms. The second kappa shape index (κ2) is 7.61. The van der Waals surface area contributed by atoms with Crippen molar-refractivity contribution in [3.8, 4) is 0 Å². The van der Waals surface area contributed by atoms with E-state index in [1.165, 1.54) is 4.70 Å². The molecule has 0 saturated carbocycles. The summed E-state index contributed by atoms with van der Waals surface area (Å²) in [7, 11) is 1.87. The summed E-state index contributed by atoms with van der Waals surface area (Å²) in [6.07, 6.45) is -0.917. The molecule has 1 atom stereocenters. The van der Waals surface area contributed by atoms with E-state index < -0.39 is 13.0 Å². The zero-order valence-corrected chi connectivity index (χ0v) is 12.1. The number of ether oxygens (including phenoxy) is 1. The zero-order chi connectivity index (χ0) is 14.4. The first-order valence-electron chi connectivity index (χ1n) is 6.56. The summed E-state index contributed by atoms with van der Waals surface area (Å²) in [6, 6.07) is 8.21. The van der Waals surface area contributed by atoms with Crippen LogP contribution in [0.15, 0.2) is 24.3 Å². The Morgan fingerprint density at radius 3 is 2.85 bits per heavy atom. The average Bonchev–Trinajstić information content (AvgIpc) is 2.84. The smallest absolute Gasteiger partial charge is 0.261 e. The van der Waals surface area contributed by atoms with Crippen LogP contribution in [0.1, 0.15) is 11.4 Å². The van der Waals surface area contributed by atoms with Gasteiger partial charge in [-0.25, -0.2) is 13.8 Å². The average molecular weight is 300 g/mol. The number of alkyl halides is 2. The van der Waals surface area contributed by atoms with E-state index in [0.29, 0.717) is 13.0 Å². The van der Waals surface area contributed by atoms with Crippen LogP contribution in [0.5, 0.6) is 0 Å². The van der Waals surface area contributed by atoms with E-state index >= 15 is 0 Å². The maximum Gasteiger partial charge on any atom is 0.261 e. The molecular formula is C14H18F2N2OS. The van der Waals surface area contributed by atoms with Gasteiger partial charge in [-0.1, -0.05) is 12.1 Å². The minimum Gasteiger partial charge on any atom is -0.375 e. The molecule has 0 amide bonds. The SMILES string of the molecule is CNC(CCOCC(F)F)Cc1nc2ccccc2s1. The number of benzene rings is 1. The van der Waals surface area contributed by atoms with Gasteiger partial charge in [-0.05, 0) is 25.6 Å². The van der Waals surface area contributed by atoms with Gasteiger partial charge in [0.15, 0.2) is 0 Å². The molecule has 1 aromatic carbocycles. The summed E-state index contributed by atoms with van der Waals surface area (Å²) in [6.45, 7) is -0.154. The molecule has 2 rings (SSSR count). The van der Waals surface area contributed by atoms with E-state index in [1.54, 1.807) is 11.3 Å². The van der Waals surface area contributed by atoms with Gasteiger partial charge in [0.2, 0.25) is 0 Å². The minimum atomic E-state index is -2.40. The van der Waals surface area contributed by atoms with Gasteiger partial charge in [0, 0.05) is 19.1 Å². The number of nitrogens with zero attached hydrogens (tertiary/aromatic N) is 1. The van der Waals surface area contributed by atoms with Crippen molar-refractivity contribution in [1.29, 1.82) is 0 Å². The fourth-order valence-corrected chi connectivity index (χ4v) is 3.01. The predicted molar refractivity (Wildman–Crippen MR) is 77.6 cm³/mol. The largest absolute Gasteiger partial charge is 0.375 e. The molecule has 20 heavy (non-hydrogen) atoms. The summed E-state index contributed by atoms with van der Waals surface area (Å²) in [5, 5.41) is 4.24. The number of rotatable bonds is 8. The van der Waals surface area contributed by atoms with Gasteiger partial charge in [0.25, 0.3) is 6.43 Å². The van der Waals surface area contributed by atoms with Gasteiger partial charge in [-0.15, -0.1) is 11.3 Å². The van der Waals surface area contributed by atoms with Crippen LogP contribution in [0.3, 0.4) is 0 Å². The molecule has 0 aliphatic heterocycles. The Morgan fingerprint density at radius 2 is 2.15 bits per heavy atom. The van der Waals surface area contributed by atoms with Gasteiger partial charge < -0.3 is 10.1 Å². The first kappa shape index (κ1) is 15.3. The van der Waals surface area contributed by atoms with Crippen LogP contribution in [-0.2, 0) is 11.2 Å².